The van der Waals surface area contributed by atoms with E-state index in [-0.39, 0.29) is 16.3 Å². The molecule has 0 fully saturated rings. The number of aromatic nitrogens is 2. The predicted octanol–water partition coefficient (Wildman–Crippen LogP) is 4.29. The van der Waals surface area contributed by atoms with Crippen LogP contribution in [0.25, 0.3) is 11.4 Å². The van der Waals surface area contributed by atoms with Crippen molar-refractivity contribution in [2.75, 3.05) is 0 Å². The monoisotopic (exact) mass is 382 g/mol. The lowest BCUT2D eigenvalue weighted by Crippen LogP contribution is -2.10. The predicted molar refractivity (Wildman–Crippen MR) is 86.8 cm³/mol. The fourth-order valence-corrected chi connectivity index (χ4v) is 3.86. The molecule has 0 spiro atoms. The molecular formula is C17H13F3N2O3S. The fourth-order valence-electron chi connectivity index (χ4n) is 2.38. The van der Waals surface area contributed by atoms with Crippen molar-refractivity contribution in [3.05, 3.63) is 66.1 Å². The van der Waals surface area contributed by atoms with E-state index in [1.165, 1.54) is 24.3 Å². The third-order valence-corrected chi connectivity index (χ3v) is 5.94. The van der Waals surface area contributed by atoms with Crippen molar-refractivity contribution < 1.29 is 26.1 Å². The molecule has 0 amide bonds. The minimum atomic E-state index is -4.77. The SMILES string of the molecule is CC(c1ccccc1)S(=O)(=O)c1cccc(-c2noc(C(F)(F)F)n2)c1. The van der Waals surface area contributed by atoms with Gasteiger partial charge in [0.2, 0.25) is 5.82 Å². The van der Waals surface area contributed by atoms with Crippen molar-refractivity contribution >= 4 is 9.84 Å². The summed E-state index contributed by atoms with van der Waals surface area (Å²) >= 11 is 0. The number of sulfone groups is 1. The maximum atomic E-state index is 12.8. The maximum absolute atomic E-state index is 12.8. The molecule has 0 bridgehead atoms. The van der Waals surface area contributed by atoms with Crippen LogP contribution in [-0.2, 0) is 16.0 Å². The third-order valence-electron chi connectivity index (χ3n) is 3.82. The minimum Gasteiger partial charge on any atom is -0.329 e. The Morgan fingerprint density at radius 2 is 1.73 bits per heavy atom. The van der Waals surface area contributed by atoms with Crippen LogP contribution in [0.5, 0.6) is 0 Å². The fraction of sp³-hybridized carbons (Fsp3) is 0.176. The van der Waals surface area contributed by atoms with Crippen LogP contribution in [0, 0.1) is 0 Å². The molecule has 3 rings (SSSR count). The first kappa shape index (κ1) is 18.1. The first-order chi connectivity index (χ1) is 12.2. The summed E-state index contributed by atoms with van der Waals surface area (Å²) in [6, 6.07) is 14.1. The van der Waals surface area contributed by atoms with Crippen LogP contribution in [0.3, 0.4) is 0 Å². The van der Waals surface area contributed by atoms with Gasteiger partial charge in [0.1, 0.15) is 0 Å². The molecule has 0 aliphatic rings. The summed E-state index contributed by atoms with van der Waals surface area (Å²) < 4.78 is 67.6. The number of hydrogen-bond acceptors (Lipinski definition) is 5. The van der Waals surface area contributed by atoms with E-state index in [2.05, 4.69) is 14.7 Å². The summed E-state index contributed by atoms with van der Waals surface area (Å²) in [5.41, 5.74) is 0.724. The van der Waals surface area contributed by atoms with Crippen LogP contribution in [-0.4, -0.2) is 18.6 Å². The van der Waals surface area contributed by atoms with Crippen LogP contribution in [0.1, 0.15) is 23.6 Å². The van der Waals surface area contributed by atoms with Crippen LogP contribution in [0.2, 0.25) is 0 Å². The largest absolute Gasteiger partial charge is 0.471 e. The Kier molecular flexibility index (Phi) is 4.57. The van der Waals surface area contributed by atoms with Crippen molar-refractivity contribution in [3.8, 4) is 11.4 Å². The molecule has 136 valence electrons. The summed E-state index contributed by atoms with van der Waals surface area (Å²) in [7, 11) is -3.75. The lowest BCUT2D eigenvalue weighted by molar-refractivity contribution is -0.159. The van der Waals surface area contributed by atoms with Gasteiger partial charge in [-0.05, 0) is 24.6 Å². The van der Waals surface area contributed by atoms with Gasteiger partial charge in [-0.2, -0.15) is 18.2 Å². The molecule has 1 heterocycles. The Labute approximate surface area is 147 Å². The van der Waals surface area contributed by atoms with E-state index in [0.29, 0.717) is 5.56 Å². The van der Waals surface area contributed by atoms with Crippen molar-refractivity contribution in [2.45, 2.75) is 23.2 Å². The highest BCUT2D eigenvalue weighted by Gasteiger charge is 2.38. The molecular weight excluding hydrogens is 369 g/mol. The van der Waals surface area contributed by atoms with Crippen molar-refractivity contribution in [3.63, 3.8) is 0 Å². The van der Waals surface area contributed by atoms with E-state index in [1.54, 1.807) is 37.3 Å². The summed E-state index contributed by atoms with van der Waals surface area (Å²) in [5, 5.41) is 2.45. The summed E-state index contributed by atoms with van der Waals surface area (Å²) in [5.74, 6) is -1.82. The molecule has 2 aromatic carbocycles. The highest BCUT2D eigenvalue weighted by atomic mass is 32.2. The van der Waals surface area contributed by atoms with Gasteiger partial charge in [-0.25, -0.2) is 8.42 Å². The van der Waals surface area contributed by atoms with E-state index in [1.807, 2.05) is 0 Å². The first-order valence-electron chi connectivity index (χ1n) is 7.50. The molecule has 0 radical (unpaired) electrons. The smallest absolute Gasteiger partial charge is 0.329 e. The summed E-state index contributed by atoms with van der Waals surface area (Å²) in [4.78, 5) is 3.24. The molecule has 1 aromatic heterocycles. The first-order valence-corrected chi connectivity index (χ1v) is 9.04. The van der Waals surface area contributed by atoms with E-state index >= 15 is 0 Å². The molecule has 26 heavy (non-hydrogen) atoms. The van der Waals surface area contributed by atoms with Crippen LogP contribution >= 0.6 is 0 Å². The van der Waals surface area contributed by atoms with Crippen LogP contribution < -0.4 is 0 Å². The second-order valence-corrected chi connectivity index (χ2v) is 7.82. The zero-order valence-corrected chi connectivity index (χ0v) is 14.3. The number of hydrogen-bond donors (Lipinski definition) is 0. The van der Waals surface area contributed by atoms with Gasteiger partial charge in [0.05, 0.1) is 10.1 Å². The molecule has 1 atom stereocenters. The second-order valence-electron chi connectivity index (χ2n) is 5.55. The van der Waals surface area contributed by atoms with Crippen molar-refractivity contribution in [2.24, 2.45) is 0 Å². The van der Waals surface area contributed by atoms with Gasteiger partial charge in [-0.1, -0.05) is 47.6 Å². The Balaban J connectivity index is 1.98. The summed E-state index contributed by atoms with van der Waals surface area (Å²) in [6.07, 6.45) is -4.77. The van der Waals surface area contributed by atoms with Gasteiger partial charge in [0, 0.05) is 5.56 Å². The zero-order chi connectivity index (χ0) is 18.9. The average molecular weight is 382 g/mol. The van der Waals surface area contributed by atoms with Gasteiger partial charge in [-0.3, -0.25) is 0 Å². The Bertz CT molecular complexity index is 1010. The molecule has 1 unspecified atom stereocenters. The van der Waals surface area contributed by atoms with Crippen LogP contribution in [0.4, 0.5) is 13.2 Å². The molecule has 0 saturated heterocycles. The van der Waals surface area contributed by atoms with E-state index in [4.69, 9.17) is 0 Å². The minimum absolute atomic E-state index is 0.0373. The number of alkyl halides is 3. The maximum Gasteiger partial charge on any atom is 0.471 e. The average Bonchev–Trinajstić information content (AvgIpc) is 3.12. The molecule has 0 aliphatic heterocycles. The lowest BCUT2D eigenvalue weighted by atomic mass is 10.2. The van der Waals surface area contributed by atoms with Gasteiger partial charge < -0.3 is 4.52 Å². The molecule has 9 heteroatoms. The quantitative estimate of drug-likeness (QED) is 0.673. The molecule has 0 saturated carbocycles. The lowest BCUT2D eigenvalue weighted by Gasteiger charge is -2.13. The second kappa shape index (κ2) is 6.56. The van der Waals surface area contributed by atoms with Crippen molar-refractivity contribution in [1.82, 2.24) is 10.1 Å². The zero-order valence-electron chi connectivity index (χ0n) is 13.4. The number of nitrogens with zero attached hydrogens (tertiary/aromatic N) is 2. The summed E-state index contributed by atoms with van der Waals surface area (Å²) in [6.45, 7) is 1.55. The van der Waals surface area contributed by atoms with Gasteiger partial charge >= 0.3 is 12.1 Å². The van der Waals surface area contributed by atoms with E-state index in [0.717, 1.165) is 0 Å². The molecule has 5 nitrogen and oxygen atoms in total. The topological polar surface area (TPSA) is 73.1 Å². The van der Waals surface area contributed by atoms with Gasteiger partial charge in [0.25, 0.3) is 0 Å². The number of rotatable bonds is 4. The van der Waals surface area contributed by atoms with Gasteiger partial charge in [-0.15, -0.1) is 0 Å². The molecule has 0 aliphatic carbocycles. The molecule has 3 aromatic rings. The van der Waals surface area contributed by atoms with Crippen LogP contribution in [0.15, 0.2) is 64.0 Å². The highest BCUT2D eigenvalue weighted by Crippen LogP contribution is 2.32. The number of halogens is 3. The highest BCUT2D eigenvalue weighted by molar-refractivity contribution is 7.91. The van der Waals surface area contributed by atoms with E-state index in [9.17, 15) is 21.6 Å². The Hall–Kier alpha value is -2.68. The van der Waals surface area contributed by atoms with Crippen molar-refractivity contribution in [1.29, 1.82) is 0 Å². The molecule has 0 N–H and O–H groups in total. The Morgan fingerprint density at radius 3 is 2.35 bits per heavy atom. The Morgan fingerprint density at radius 1 is 1.04 bits per heavy atom. The normalized spacial score (nSPS) is 13.5. The van der Waals surface area contributed by atoms with Gasteiger partial charge in [0.15, 0.2) is 9.84 Å². The van der Waals surface area contributed by atoms with E-state index < -0.39 is 27.2 Å². The number of benzene rings is 2. The third kappa shape index (κ3) is 3.48. The standard InChI is InChI=1S/C17H13F3N2O3S/c1-11(12-6-3-2-4-7-12)26(23,24)14-9-5-8-13(10-14)15-21-16(25-22-15)17(18,19)20/h2-11H,1H3.